The summed E-state index contributed by atoms with van der Waals surface area (Å²) < 4.78 is 51.8. The van der Waals surface area contributed by atoms with Crippen LogP contribution in [0, 0.1) is 17.5 Å². The van der Waals surface area contributed by atoms with Gasteiger partial charge in [-0.25, -0.2) is 13.2 Å². The molecule has 164 valence electrons. The zero-order chi connectivity index (χ0) is 22.5. The van der Waals surface area contributed by atoms with E-state index in [0.29, 0.717) is 23.1 Å². The molecule has 0 aliphatic heterocycles. The lowest BCUT2D eigenvalue weighted by Crippen LogP contribution is -2.32. The Morgan fingerprint density at radius 3 is 2.62 bits per heavy atom. The molecule has 0 fully saturated rings. The molecular weight excluding hydrogens is 427 g/mol. The minimum Gasteiger partial charge on any atom is -0.481 e. The first kappa shape index (κ1) is 21.1. The molecule has 0 unspecified atom stereocenters. The van der Waals surface area contributed by atoms with Gasteiger partial charge in [0.05, 0.1) is 6.54 Å². The fourth-order valence-electron chi connectivity index (χ4n) is 2.79. The van der Waals surface area contributed by atoms with Gasteiger partial charge in [0, 0.05) is 17.7 Å². The molecule has 0 bridgehead atoms. The van der Waals surface area contributed by atoms with E-state index in [1.54, 1.807) is 24.3 Å². The summed E-state index contributed by atoms with van der Waals surface area (Å²) in [5, 5.41) is 14.9. The highest BCUT2D eigenvalue weighted by molar-refractivity contribution is 5.77. The highest BCUT2D eigenvalue weighted by Gasteiger charge is 2.12. The first-order valence-electron chi connectivity index (χ1n) is 9.45. The van der Waals surface area contributed by atoms with E-state index in [0.717, 1.165) is 12.1 Å². The second-order valence-electron chi connectivity index (χ2n) is 6.54. The van der Waals surface area contributed by atoms with Crippen LogP contribution in [0.1, 0.15) is 0 Å². The van der Waals surface area contributed by atoms with Crippen LogP contribution in [0.2, 0.25) is 0 Å². The standard InChI is InChI=1S/C21H16F3N5O3/c22-14-3-1-2-13(10-14)21-27-26-18-6-7-20(28-29(18)21)31-9-8-25-19(30)12-32-17-5-4-15(23)11-16(17)24/h1-7,10-11H,8-9,12H2,(H,25,30). The molecule has 4 rings (SSSR count). The van der Waals surface area contributed by atoms with Crippen molar-refractivity contribution in [1.29, 1.82) is 0 Å². The van der Waals surface area contributed by atoms with Crippen LogP contribution in [-0.2, 0) is 4.79 Å². The first-order chi connectivity index (χ1) is 15.5. The molecule has 11 heteroatoms. The molecule has 0 aliphatic rings. The molecule has 0 saturated carbocycles. The summed E-state index contributed by atoms with van der Waals surface area (Å²) in [7, 11) is 0. The van der Waals surface area contributed by atoms with Gasteiger partial charge in [0.1, 0.15) is 18.2 Å². The number of fused-ring (bicyclic) bond motifs is 1. The summed E-state index contributed by atoms with van der Waals surface area (Å²) in [4.78, 5) is 11.8. The fraction of sp³-hybridized carbons (Fsp3) is 0.143. The maximum absolute atomic E-state index is 13.5. The molecule has 2 heterocycles. The normalized spacial score (nSPS) is 10.8. The number of amides is 1. The number of benzene rings is 2. The third-order valence-electron chi connectivity index (χ3n) is 4.25. The maximum atomic E-state index is 13.5. The number of nitrogens with zero attached hydrogens (tertiary/aromatic N) is 4. The van der Waals surface area contributed by atoms with Crippen LogP contribution in [0.25, 0.3) is 17.0 Å². The average molecular weight is 443 g/mol. The van der Waals surface area contributed by atoms with E-state index in [1.165, 1.54) is 16.6 Å². The quantitative estimate of drug-likeness (QED) is 0.421. The first-order valence-corrected chi connectivity index (χ1v) is 9.45. The third kappa shape index (κ3) is 4.94. The van der Waals surface area contributed by atoms with Gasteiger partial charge in [-0.05, 0) is 30.3 Å². The molecule has 2 aromatic heterocycles. The van der Waals surface area contributed by atoms with Crippen molar-refractivity contribution in [2.45, 2.75) is 0 Å². The fourth-order valence-corrected chi connectivity index (χ4v) is 2.79. The molecule has 0 spiro atoms. The number of hydrogen-bond donors (Lipinski definition) is 1. The van der Waals surface area contributed by atoms with Crippen molar-refractivity contribution < 1.29 is 27.4 Å². The van der Waals surface area contributed by atoms with Crippen LogP contribution in [0.15, 0.2) is 54.6 Å². The number of carbonyl (C=O) groups excluding carboxylic acids is 1. The predicted molar refractivity (Wildman–Crippen MR) is 107 cm³/mol. The van der Waals surface area contributed by atoms with Gasteiger partial charge in [0.25, 0.3) is 5.91 Å². The zero-order valence-corrected chi connectivity index (χ0v) is 16.5. The minimum absolute atomic E-state index is 0.0899. The van der Waals surface area contributed by atoms with E-state index in [2.05, 4.69) is 20.6 Å². The summed E-state index contributed by atoms with van der Waals surface area (Å²) in [5.74, 6) is -2.18. The van der Waals surface area contributed by atoms with Gasteiger partial charge in [0.15, 0.2) is 29.6 Å². The van der Waals surface area contributed by atoms with Gasteiger partial charge in [-0.3, -0.25) is 4.79 Å². The Labute approximate surface area is 179 Å². The second kappa shape index (κ2) is 9.33. The minimum atomic E-state index is -0.894. The third-order valence-corrected chi connectivity index (χ3v) is 4.25. The predicted octanol–water partition coefficient (Wildman–Crippen LogP) is 2.78. The van der Waals surface area contributed by atoms with Crippen molar-refractivity contribution in [2.24, 2.45) is 0 Å². The molecular formula is C21H16F3N5O3. The number of nitrogens with one attached hydrogen (secondary N) is 1. The van der Waals surface area contributed by atoms with Crippen molar-refractivity contribution in [2.75, 3.05) is 19.8 Å². The van der Waals surface area contributed by atoms with Gasteiger partial charge in [-0.15, -0.1) is 15.3 Å². The van der Waals surface area contributed by atoms with Gasteiger partial charge >= 0.3 is 0 Å². The molecule has 4 aromatic rings. The van der Waals surface area contributed by atoms with Crippen molar-refractivity contribution >= 4 is 11.6 Å². The molecule has 32 heavy (non-hydrogen) atoms. The number of rotatable bonds is 8. The highest BCUT2D eigenvalue weighted by atomic mass is 19.1. The summed E-state index contributed by atoms with van der Waals surface area (Å²) in [6, 6.07) is 11.9. The Morgan fingerprint density at radius 1 is 0.969 bits per heavy atom. The second-order valence-corrected chi connectivity index (χ2v) is 6.54. The van der Waals surface area contributed by atoms with Crippen LogP contribution < -0.4 is 14.8 Å². The number of ether oxygens (including phenoxy) is 2. The lowest BCUT2D eigenvalue weighted by Gasteiger charge is -2.09. The van der Waals surface area contributed by atoms with Crippen LogP contribution in [-0.4, -0.2) is 45.5 Å². The van der Waals surface area contributed by atoms with Gasteiger partial charge in [-0.1, -0.05) is 12.1 Å². The van der Waals surface area contributed by atoms with E-state index < -0.39 is 30.0 Å². The van der Waals surface area contributed by atoms with E-state index in [4.69, 9.17) is 9.47 Å². The topological polar surface area (TPSA) is 90.6 Å². The average Bonchev–Trinajstić information content (AvgIpc) is 3.19. The number of carbonyl (C=O) groups is 1. The maximum Gasteiger partial charge on any atom is 0.258 e. The van der Waals surface area contributed by atoms with Crippen LogP contribution in [0.3, 0.4) is 0 Å². The van der Waals surface area contributed by atoms with Crippen molar-refractivity contribution in [3.63, 3.8) is 0 Å². The Kier molecular flexibility index (Phi) is 6.15. The van der Waals surface area contributed by atoms with E-state index in [1.807, 2.05) is 0 Å². The smallest absolute Gasteiger partial charge is 0.258 e. The van der Waals surface area contributed by atoms with Crippen molar-refractivity contribution in [1.82, 2.24) is 25.1 Å². The number of halogens is 3. The zero-order valence-electron chi connectivity index (χ0n) is 16.5. The summed E-state index contributed by atoms with van der Waals surface area (Å²) in [6.07, 6.45) is 0. The molecule has 2 aromatic carbocycles. The molecule has 1 amide bonds. The Morgan fingerprint density at radius 2 is 1.81 bits per heavy atom. The van der Waals surface area contributed by atoms with Crippen LogP contribution in [0.4, 0.5) is 13.2 Å². The summed E-state index contributed by atoms with van der Waals surface area (Å²) in [5.41, 5.74) is 0.960. The van der Waals surface area contributed by atoms with Crippen LogP contribution in [0.5, 0.6) is 11.6 Å². The molecule has 0 radical (unpaired) electrons. The van der Waals surface area contributed by atoms with Crippen molar-refractivity contribution in [3.05, 3.63) is 72.0 Å². The van der Waals surface area contributed by atoms with Crippen molar-refractivity contribution in [3.8, 4) is 23.0 Å². The van der Waals surface area contributed by atoms with Gasteiger partial charge in [-0.2, -0.15) is 4.52 Å². The molecule has 0 atom stereocenters. The summed E-state index contributed by atoms with van der Waals surface area (Å²) >= 11 is 0. The number of hydrogen-bond acceptors (Lipinski definition) is 6. The van der Waals surface area contributed by atoms with E-state index in [9.17, 15) is 18.0 Å². The Hall–Kier alpha value is -4.15. The SMILES string of the molecule is O=C(COc1ccc(F)cc1F)NCCOc1ccc2nnc(-c3cccc(F)c3)n2n1. The lowest BCUT2D eigenvalue weighted by molar-refractivity contribution is -0.123. The highest BCUT2D eigenvalue weighted by Crippen LogP contribution is 2.20. The van der Waals surface area contributed by atoms with E-state index >= 15 is 0 Å². The Bertz CT molecular complexity index is 1260. The van der Waals surface area contributed by atoms with E-state index in [-0.39, 0.29) is 24.8 Å². The molecule has 0 aliphatic carbocycles. The Balaban J connectivity index is 1.30. The van der Waals surface area contributed by atoms with Gasteiger partial charge in [0.2, 0.25) is 5.88 Å². The molecule has 0 saturated heterocycles. The molecule has 1 N–H and O–H groups in total. The van der Waals surface area contributed by atoms with Crippen LogP contribution >= 0.6 is 0 Å². The monoisotopic (exact) mass is 443 g/mol. The number of aromatic nitrogens is 4. The molecule has 8 nitrogen and oxygen atoms in total. The lowest BCUT2D eigenvalue weighted by atomic mass is 10.2. The van der Waals surface area contributed by atoms with Gasteiger partial charge < -0.3 is 14.8 Å². The summed E-state index contributed by atoms with van der Waals surface area (Å²) in [6.45, 7) is -0.218. The largest absolute Gasteiger partial charge is 0.481 e.